The summed E-state index contributed by atoms with van der Waals surface area (Å²) in [6, 6.07) is 27.8. The molecule has 48 heavy (non-hydrogen) atoms. The quantitative estimate of drug-likeness (QED) is 0.173. The number of carbonyl (C=O) groups is 6. The lowest BCUT2D eigenvalue weighted by atomic mass is 9.88. The van der Waals surface area contributed by atoms with Crippen LogP contribution in [0.15, 0.2) is 123 Å². The van der Waals surface area contributed by atoms with Crippen molar-refractivity contribution in [2.45, 2.75) is 0 Å². The molecule has 6 aromatic rings. The van der Waals surface area contributed by atoms with Gasteiger partial charge in [0, 0.05) is 37.9 Å². The summed E-state index contributed by atoms with van der Waals surface area (Å²) in [5.74, 6) is -3.61. The van der Waals surface area contributed by atoms with Crippen molar-refractivity contribution in [2.24, 2.45) is 0 Å². The molecule has 0 atom stereocenters. The van der Waals surface area contributed by atoms with Crippen molar-refractivity contribution in [1.29, 1.82) is 0 Å². The third-order valence-electron chi connectivity index (χ3n) is 7.83. The second kappa shape index (κ2) is 11.9. The number of halogens is 2. The van der Waals surface area contributed by atoms with Crippen LogP contribution in [0, 0.1) is 5.82 Å². The van der Waals surface area contributed by atoms with Gasteiger partial charge < -0.3 is 8.83 Å². The summed E-state index contributed by atoms with van der Waals surface area (Å²) in [6.45, 7) is 0. The Morgan fingerprint density at radius 1 is 0.479 bits per heavy atom. The van der Waals surface area contributed by atoms with Crippen molar-refractivity contribution < 1.29 is 42.0 Å². The Kier molecular flexibility index (Phi) is 7.57. The molecule has 232 valence electrons. The molecule has 0 unspecified atom stereocenters. The number of hydrogen-bond acceptors (Lipinski definition) is 8. The summed E-state index contributed by atoms with van der Waals surface area (Å²) >= 11 is 3.29. The maximum absolute atomic E-state index is 13.4. The third kappa shape index (κ3) is 5.18. The van der Waals surface area contributed by atoms with E-state index in [4.69, 9.17) is 8.83 Å². The molecular weight excluding hydrogens is 683 g/mol. The molecule has 0 bridgehead atoms. The normalized spacial score (nSPS) is 12.7. The lowest BCUT2D eigenvalue weighted by Gasteiger charge is -2.12. The lowest BCUT2D eigenvalue weighted by molar-refractivity contribution is 0.0949. The SMILES string of the molecule is O=C(c1ccccc1)c1cc2c(o1)C(=O)c1cc(Br)ccc1C2=O.O=C(c1ccccc1)c1cc2c(o1)C(=O)c1cc(F)ccc1C2=O. The van der Waals surface area contributed by atoms with Crippen LogP contribution in [0.1, 0.15) is 96.3 Å². The van der Waals surface area contributed by atoms with E-state index in [1.165, 1.54) is 18.2 Å². The third-order valence-corrected chi connectivity index (χ3v) is 8.32. The van der Waals surface area contributed by atoms with Gasteiger partial charge in [-0.2, -0.15) is 0 Å². The minimum atomic E-state index is -0.620. The second-order valence-electron chi connectivity index (χ2n) is 10.8. The maximum Gasteiger partial charge on any atom is 0.229 e. The van der Waals surface area contributed by atoms with E-state index in [-0.39, 0.29) is 62.4 Å². The van der Waals surface area contributed by atoms with Gasteiger partial charge >= 0.3 is 0 Å². The number of rotatable bonds is 4. The van der Waals surface area contributed by atoms with E-state index in [0.717, 1.165) is 12.1 Å². The fourth-order valence-corrected chi connectivity index (χ4v) is 5.84. The van der Waals surface area contributed by atoms with E-state index in [1.54, 1.807) is 78.9 Å². The van der Waals surface area contributed by atoms with E-state index >= 15 is 0 Å². The number of hydrogen-bond donors (Lipinski definition) is 0. The topological polar surface area (TPSA) is 129 Å². The first-order valence-electron chi connectivity index (χ1n) is 14.4. The second-order valence-corrected chi connectivity index (χ2v) is 11.7. The first kappa shape index (κ1) is 30.5. The van der Waals surface area contributed by atoms with Crippen molar-refractivity contribution >= 4 is 50.6 Å². The molecular formula is C38H18BrFO8. The van der Waals surface area contributed by atoms with E-state index in [2.05, 4.69) is 15.9 Å². The van der Waals surface area contributed by atoms with E-state index in [1.807, 2.05) is 0 Å². The molecule has 10 heteroatoms. The molecule has 2 heterocycles. The van der Waals surface area contributed by atoms with Crippen LogP contribution in [0.5, 0.6) is 0 Å². The summed E-state index contributed by atoms with van der Waals surface area (Å²) in [7, 11) is 0. The van der Waals surface area contributed by atoms with Gasteiger partial charge in [0.25, 0.3) is 0 Å². The van der Waals surface area contributed by atoms with Crippen LogP contribution in [-0.2, 0) is 0 Å². The van der Waals surface area contributed by atoms with Crippen molar-refractivity contribution in [1.82, 2.24) is 0 Å². The molecule has 0 radical (unpaired) electrons. The van der Waals surface area contributed by atoms with E-state index in [9.17, 15) is 33.2 Å². The smallest absolute Gasteiger partial charge is 0.229 e. The molecule has 0 spiro atoms. The van der Waals surface area contributed by atoms with Crippen LogP contribution in [-0.4, -0.2) is 34.7 Å². The first-order chi connectivity index (χ1) is 23.1. The average Bonchev–Trinajstić information content (AvgIpc) is 3.77. The minimum Gasteiger partial charge on any atom is -0.448 e. The Hall–Kier alpha value is -6.13. The molecule has 2 aliphatic rings. The van der Waals surface area contributed by atoms with Crippen LogP contribution in [0.4, 0.5) is 4.39 Å². The van der Waals surface area contributed by atoms with Crippen LogP contribution < -0.4 is 0 Å². The van der Waals surface area contributed by atoms with Crippen LogP contribution in [0.3, 0.4) is 0 Å². The molecule has 8 nitrogen and oxygen atoms in total. The highest BCUT2D eigenvalue weighted by atomic mass is 79.9. The lowest BCUT2D eigenvalue weighted by Crippen LogP contribution is -2.19. The van der Waals surface area contributed by atoms with Gasteiger partial charge in [-0.05, 0) is 48.5 Å². The summed E-state index contributed by atoms with van der Waals surface area (Å²) < 4.78 is 24.9. The molecule has 4 aromatic carbocycles. The Labute approximate surface area is 278 Å². The highest BCUT2D eigenvalue weighted by Gasteiger charge is 2.36. The molecule has 0 saturated carbocycles. The van der Waals surface area contributed by atoms with Crippen molar-refractivity contribution in [2.75, 3.05) is 0 Å². The number of ketones is 6. The Morgan fingerprint density at radius 3 is 1.40 bits per heavy atom. The largest absolute Gasteiger partial charge is 0.448 e. The zero-order chi connectivity index (χ0) is 33.7. The molecule has 0 N–H and O–H groups in total. The van der Waals surface area contributed by atoms with Gasteiger partial charge in [-0.15, -0.1) is 0 Å². The monoisotopic (exact) mass is 700 g/mol. The number of carbonyl (C=O) groups excluding carboxylic acids is 6. The van der Waals surface area contributed by atoms with Crippen LogP contribution in [0.25, 0.3) is 0 Å². The molecule has 0 saturated heterocycles. The van der Waals surface area contributed by atoms with Crippen molar-refractivity contribution in [3.63, 3.8) is 0 Å². The molecule has 0 aliphatic heterocycles. The van der Waals surface area contributed by atoms with Crippen LogP contribution in [0.2, 0.25) is 0 Å². The number of fused-ring (bicyclic) bond motifs is 4. The van der Waals surface area contributed by atoms with Gasteiger partial charge in [-0.3, -0.25) is 28.8 Å². The van der Waals surface area contributed by atoms with Gasteiger partial charge in [-0.1, -0.05) is 76.6 Å². The zero-order valence-corrected chi connectivity index (χ0v) is 26.0. The van der Waals surface area contributed by atoms with Gasteiger partial charge in [-0.25, -0.2) is 4.39 Å². The number of benzene rings is 4. The Bertz CT molecular complexity index is 2200. The van der Waals surface area contributed by atoms with Crippen molar-refractivity contribution in [3.8, 4) is 0 Å². The molecule has 2 aliphatic carbocycles. The molecule has 0 amide bonds. The first-order valence-corrected chi connectivity index (χ1v) is 15.2. The highest BCUT2D eigenvalue weighted by Crippen LogP contribution is 2.33. The van der Waals surface area contributed by atoms with E-state index in [0.29, 0.717) is 21.2 Å². The molecule has 2 aromatic heterocycles. The van der Waals surface area contributed by atoms with Gasteiger partial charge in [0.15, 0.2) is 34.6 Å². The average molecular weight is 701 g/mol. The maximum atomic E-state index is 13.4. The summed E-state index contributed by atoms with van der Waals surface area (Å²) in [6.07, 6.45) is 0. The van der Waals surface area contributed by atoms with Gasteiger partial charge in [0.2, 0.25) is 23.1 Å². The zero-order valence-electron chi connectivity index (χ0n) is 24.4. The fraction of sp³-hybridized carbons (Fsp3) is 0. The predicted octanol–water partition coefficient (Wildman–Crippen LogP) is 7.47. The van der Waals surface area contributed by atoms with Crippen molar-refractivity contribution in [3.05, 3.63) is 187 Å². The summed E-state index contributed by atoms with van der Waals surface area (Å²) in [5.41, 5.74) is 1.61. The summed E-state index contributed by atoms with van der Waals surface area (Å²) in [4.78, 5) is 75.1. The van der Waals surface area contributed by atoms with Gasteiger partial charge in [0.1, 0.15) is 5.82 Å². The molecule has 8 rings (SSSR count). The fourth-order valence-electron chi connectivity index (χ4n) is 5.48. The minimum absolute atomic E-state index is 0.0141. The van der Waals surface area contributed by atoms with Gasteiger partial charge in [0.05, 0.1) is 11.1 Å². The predicted molar refractivity (Wildman–Crippen MR) is 171 cm³/mol. The standard InChI is InChI=1S/C19H9BrO4.C19H9FO4/c2*20-11-6-7-12-13(8-11)18(23)19-14(17(12)22)9-15(24-19)16(21)10-4-2-1-3-5-10/h2*1-9H. The Morgan fingerprint density at radius 2 is 0.917 bits per heavy atom. The molecule has 0 fully saturated rings. The highest BCUT2D eigenvalue weighted by molar-refractivity contribution is 9.10. The van der Waals surface area contributed by atoms with Crippen LogP contribution >= 0.6 is 15.9 Å². The van der Waals surface area contributed by atoms with E-state index < -0.39 is 29.0 Å². The Balaban J connectivity index is 0.000000152. The number of furan rings is 2. The summed E-state index contributed by atoms with van der Waals surface area (Å²) in [5, 5.41) is 0.